The van der Waals surface area contributed by atoms with Crippen LogP contribution < -0.4 is 10.1 Å². The molecule has 6 heteroatoms. The maximum Gasteiger partial charge on any atom is 0.257 e. The Bertz CT molecular complexity index is 412. The van der Waals surface area contributed by atoms with Gasteiger partial charge in [-0.2, -0.15) is 0 Å². The van der Waals surface area contributed by atoms with Crippen LogP contribution in [0.5, 0.6) is 5.75 Å². The summed E-state index contributed by atoms with van der Waals surface area (Å²) in [6, 6.07) is 5.27. The Labute approximate surface area is 121 Å². The highest BCUT2D eigenvalue weighted by molar-refractivity contribution is 9.10. The van der Waals surface area contributed by atoms with Crippen molar-refractivity contribution in [3.05, 3.63) is 28.2 Å². The molecule has 19 heavy (non-hydrogen) atoms. The first kappa shape index (κ1) is 15.9. The minimum atomic E-state index is -0.192. The van der Waals surface area contributed by atoms with Crippen LogP contribution in [0.1, 0.15) is 12.0 Å². The Morgan fingerprint density at radius 2 is 2.26 bits per heavy atom. The molecule has 106 valence electrons. The first-order valence-corrected chi connectivity index (χ1v) is 6.74. The molecule has 0 aliphatic heterocycles. The van der Waals surface area contributed by atoms with E-state index in [9.17, 15) is 9.90 Å². The Balaban J connectivity index is 2.37. The first-order chi connectivity index (χ1) is 9.17. The maximum atomic E-state index is 11.5. The molecule has 0 aliphatic carbocycles. The molecule has 1 aromatic carbocycles. The van der Waals surface area contributed by atoms with Gasteiger partial charge in [-0.25, -0.2) is 0 Å². The Hall–Kier alpha value is -1.11. The van der Waals surface area contributed by atoms with Gasteiger partial charge in [0.15, 0.2) is 6.61 Å². The lowest BCUT2D eigenvalue weighted by atomic mass is 10.2. The van der Waals surface area contributed by atoms with Gasteiger partial charge in [0.1, 0.15) is 5.75 Å². The van der Waals surface area contributed by atoms with Crippen LogP contribution in [0.3, 0.4) is 0 Å². The number of halogens is 1. The fourth-order valence-corrected chi connectivity index (χ4v) is 1.86. The molecule has 0 heterocycles. The van der Waals surface area contributed by atoms with E-state index in [0.717, 1.165) is 10.9 Å². The quantitative estimate of drug-likeness (QED) is 0.708. The second-order valence-electron chi connectivity index (χ2n) is 3.90. The molecular weight excluding hydrogens is 314 g/mol. The van der Waals surface area contributed by atoms with Gasteiger partial charge in [0.05, 0.1) is 6.61 Å². The summed E-state index contributed by atoms with van der Waals surface area (Å²) in [5.41, 5.74) is 0.640. The molecule has 1 rings (SSSR count). The summed E-state index contributed by atoms with van der Waals surface area (Å²) in [6.07, 6.45) is 0.766. The summed E-state index contributed by atoms with van der Waals surface area (Å²) in [5, 5.41) is 11.9. The van der Waals surface area contributed by atoms with Gasteiger partial charge in [0.25, 0.3) is 5.91 Å². The van der Waals surface area contributed by atoms with Crippen molar-refractivity contribution in [1.82, 2.24) is 5.32 Å². The summed E-state index contributed by atoms with van der Waals surface area (Å²) in [4.78, 5) is 11.5. The molecule has 0 radical (unpaired) electrons. The van der Waals surface area contributed by atoms with Crippen molar-refractivity contribution in [3.8, 4) is 5.75 Å². The minimum absolute atomic E-state index is 0.0678. The van der Waals surface area contributed by atoms with Crippen LogP contribution in [0, 0.1) is 0 Å². The highest BCUT2D eigenvalue weighted by Gasteiger charge is 2.06. The Kier molecular flexibility index (Phi) is 7.47. The molecule has 0 saturated carbocycles. The third kappa shape index (κ3) is 6.04. The Morgan fingerprint density at radius 3 is 2.95 bits per heavy atom. The largest absolute Gasteiger partial charge is 0.483 e. The summed E-state index contributed by atoms with van der Waals surface area (Å²) >= 11 is 3.31. The van der Waals surface area contributed by atoms with E-state index < -0.39 is 0 Å². The van der Waals surface area contributed by atoms with Gasteiger partial charge in [-0.15, -0.1) is 0 Å². The molecule has 2 N–H and O–H groups in total. The lowest BCUT2D eigenvalue weighted by Crippen LogP contribution is -2.30. The van der Waals surface area contributed by atoms with Gasteiger partial charge in [0, 0.05) is 30.3 Å². The van der Waals surface area contributed by atoms with Crippen molar-refractivity contribution in [2.45, 2.75) is 13.0 Å². The summed E-state index contributed by atoms with van der Waals surface area (Å²) in [6.45, 7) is 0.970. The van der Waals surface area contributed by atoms with Crippen LogP contribution in [0.15, 0.2) is 22.7 Å². The third-order valence-electron chi connectivity index (χ3n) is 2.40. The second-order valence-corrected chi connectivity index (χ2v) is 4.81. The molecule has 0 spiro atoms. The number of nitrogens with one attached hydrogen (secondary N) is 1. The smallest absolute Gasteiger partial charge is 0.257 e. The third-order valence-corrected chi connectivity index (χ3v) is 2.89. The van der Waals surface area contributed by atoms with Crippen LogP contribution in [-0.4, -0.2) is 37.9 Å². The van der Waals surface area contributed by atoms with Crippen molar-refractivity contribution in [3.63, 3.8) is 0 Å². The van der Waals surface area contributed by atoms with Gasteiger partial charge < -0.3 is 19.9 Å². The predicted octanol–water partition coefficient (Wildman–Crippen LogP) is 1.47. The Morgan fingerprint density at radius 1 is 1.47 bits per heavy atom. The molecule has 5 nitrogen and oxygen atoms in total. The van der Waals surface area contributed by atoms with Crippen LogP contribution in [0.2, 0.25) is 0 Å². The topological polar surface area (TPSA) is 67.8 Å². The summed E-state index contributed by atoms with van der Waals surface area (Å²) in [5.74, 6) is 0.320. The fraction of sp³-hybridized carbons (Fsp3) is 0.462. The van der Waals surface area contributed by atoms with E-state index >= 15 is 0 Å². The molecule has 0 fully saturated rings. The number of hydrogen-bond donors (Lipinski definition) is 2. The van der Waals surface area contributed by atoms with Crippen LogP contribution in [0.25, 0.3) is 0 Å². The van der Waals surface area contributed by atoms with E-state index in [1.165, 1.54) is 0 Å². The van der Waals surface area contributed by atoms with E-state index in [1.54, 1.807) is 25.3 Å². The predicted molar refractivity (Wildman–Crippen MR) is 75.1 cm³/mol. The second kappa shape index (κ2) is 8.90. The van der Waals surface area contributed by atoms with Gasteiger partial charge in [-0.05, 0) is 24.6 Å². The summed E-state index contributed by atoms with van der Waals surface area (Å²) in [7, 11) is 1.62. The molecular formula is C13H18BrNO4. The molecule has 0 aliphatic rings. The fourth-order valence-electron chi connectivity index (χ4n) is 1.45. The molecule has 0 bridgehead atoms. The first-order valence-electron chi connectivity index (χ1n) is 5.95. The van der Waals surface area contributed by atoms with E-state index in [-0.39, 0.29) is 19.1 Å². The monoisotopic (exact) mass is 331 g/mol. The van der Waals surface area contributed by atoms with Gasteiger partial charge in [-0.3, -0.25) is 4.79 Å². The van der Waals surface area contributed by atoms with Crippen molar-refractivity contribution < 1.29 is 19.4 Å². The maximum absolute atomic E-state index is 11.5. The molecule has 1 aromatic rings. The van der Waals surface area contributed by atoms with E-state index in [1.807, 2.05) is 0 Å². The van der Waals surface area contributed by atoms with Crippen LogP contribution >= 0.6 is 15.9 Å². The number of rotatable bonds is 8. The lowest BCUT2D eigenvalue weighted by Gasteiger charge is -2.10. The van der Waals surface area contributed by atoms with Crippen LogP contribution in [0.4, 0.5) is 0 Å². The number of carbonyl (C=O) groups excluding carboxylic acids is 1. The number of aliphatic hydroxyl groups is 1. The number of methoxy groups -OCH3 is 1. The number of amides is 1. The van der Waals surface area contributed by atoms with Gasteiger partial charge in [-0.1, -0.05) is 15.9 Å². The van der Waals surface area contributed by atoms with Crippen molar-refractivity contribution in [1.29, 1.82) is 0 Å². The highest BCUT2D eigenvalue weighted by Crippen LogP contribution is 2.23. The van der Waals surface area contributed by atoms with E-state index in [2.05, 4.69) is 21.2 Å². The highest BCUT2D eigenvalue weighted by atomic mass is 79.9. The molecule has 0 aromatic heterocycles. The average Bonchev–Trinajstić information content (AvgIpc) is 2.42. The molecule has 1 amide bonds. The van der Waals surface area contributed by atoms with Crippen molar-refractivity contribution in [2.75, 3.05) is 26.9 Å². The number of ether oxygens (including phenoxy) is 2. The lowest BCUT2D eigenvalue weighted by molar-refractivity contribution is -0.123. The standard InChI is InChI=1S/C13H18BrNO4/c1-18-6-2-5-15-13(17)9-19-12-4-3-11(14)7-10(12)8-16/h3-4,7,16H,2,5-6,8-9H2,1H3,(H,15,17). The zero-order chi connectivity index (χ0) is 14.1. The number of aliphatic hydroxyl groups excluding tert-OH is 1. The zero-order valence-electron chi connectivity index (χ0n) is 10.8. The number of benzene rings is 1. The van der Waals surface area contributed by atoms with Crippen molar-refractivity contribution in [2.24, 2.45) is 0 Å². The van der Waals surface area contributed by atoms with E-state index in [0.29, 0.717) is 24.5 Å². The zero-order valence-corrected chi connectivity index (χ0v) is 12.4. The SMILES string of the molecule is COCCCNC(=O)COc1ccc(Br)cc1CO. The number of carbonyl (C=O) groups is 1. The van der Waals surface area contributed by atoms with Gasteiger partial charge in [0.2, 0.25) is 0 Å². The average molecular weight is 332 g/mol. The molecule has 0 unspecified atom stereocenters. The van der Waals surface area contributed by atoms with Crippen molar-refractivity contribution >= 4 is 21.8 Å². The number of hydrogen-bond acceptors (Lipinski definition) is 4. The minimum Gasteiger partial charge on any atom is -0.483 e. The summed E-state index contributed by atoms with van der Waals surface area (Å²) < 4.78 is 11.1. The van der Waals surface area contributed by atoms with Crippen LogP contribution in [-0.2, 0) is 16.1 Å². The molecule has 0 saturated heterocycles. The van der Waals surface area contributed by atoms with E-state index in [4.69, 9.17) is 9.47 Å². The molecule has 0 atom stereocenters. The van der Waals surface area contributed by atoms with Gasteiger partial charge >= 0.3 is 0 Å². The normalized spacial score (nSPS) is 10.3.